The molecule has 4 aliphatic rings. The summed E-state index contributed by atoms with van der Waals surface area (Å²) in [5.74, 6) is 2.28. The number of Topliss-reactive ketones (excluding diaryl/α,β-unsaturated/α-hetero) is 1. The van der Waals surface area contributed by atoms with Gasteiger partial charge in [0.1, 0.15) is 5.78 Å². The molecule has 0 aromatic heterocycles. The molecule has 0 radical (unpaired) electrons. The number of carbonyl (C=O) groups excluding carboxylic acids is 1. The van der Waals surface area contributed by atoms with Crippen LogP contribution < -0.4 is 0 Å². The van der Waals surface area contributed by atoms with Crippen LogP contribution in [0.5, 0.6) is 0 Å². The van der Waals surface area contributed by atoms with Crippen molar-refractivity contribution in [3.05, 3.63) is 11.6 Å². The van der Waals surface area contributed by atoms with Gasteiger partial charge in [0.25, 0.3) is 0 Å². The molecule has 4 atom stereocenters. The van der Waals surface area contributed by atoms with E-state index >= 15 is 0 Å². The monoisotopic (exact) mass is 245 g/mol. The van der Waals surface area contributed by atoms with Crippen LogP contribution in [0.15, 0.2) is 11.6 Å². The first-order valence-corrected chi connectivity index (χ1v) is 7.70. The van der Waals surface area contributed by atoms with Crippen molar-refractivity contribution in [2.45, 2.75) is 51.0 Å². The number of nitrogens with zero attached hydrogens (tertiary/aromatic N) is 1. The maximum absolute atomic E-state index is 12.5. The van der Waals surface area contributed by atoms with Gasteiger partial charge in [0.15, 0.2) is 0 Å². The van der Waals surface area contributed by atoms with E-state index in [1.54, 1.807) is 5.57 Å². The SMILES string of the molecule is CC1CC2CC(=O)C3CCCN4CCC=C2C34C1. The normalized spacial score (nSPS) is 47.5. The molecule has 0 amide bonds. The minimum absolute atomic E-state index is 0.175. The van der Waals surface area contributed by atoms with Crippen LogP contribution in [0.25, 0.3) is 0 Å². The molecule has 1 saturated heterocycles. The first kappa shape index (κ1) is 11.2. The molecule has 2 aliphatic carbocycles. The fraction of sp³-hybridized carbons (Fsp3) is 0.812. The summed E-state index contributed by atoms with van der Waals surface area (Å²) in [5, 5.41) is 0. The Balaban J connectivity index is 1.88. The molecule has 2 nitrogen and oxygen atoms in total. The van der Waals surface area contributed by atoms with E-state index in [4.69, 9.17) is 0 Å². The first-order valence-electron chi connectivity index (χ1n) is 7.70. The third-order valence-corrected chi connectivity index (χ3v) is 5.95. The second-order valence-electron chi connectivity index (χ2n) is 6.97. The summed E-state index contributed by atoms with van der Waals surface area (Å²) in [5.41, 5.74) is 1.85. The predicted octanol–water partition coefficient (Wildman–Crippen LogP) is 2.79. The molecule has 2 bridgehead atoms. The summed E-state index contributed by atoms with van der Waals surface area (Å²) >= 11 is 0. The Morgan fingerprint density at radius 1 is 1.39 bits per heavy atom. The predicted molar refractivity (Wildman–Crippen MR) is 71.2 cm³/mol. The first-order chi connectivity index (χ1) is 8.72. The van der Waals surface area contributed by atoms with Crippen LogP contribution in [0, 0.1) is 17.8 Å². The highest BCUT2D eigenvalue weighted by Gasteiger charge is 2.59. The number of carbonyl (C=O) groups is 1. The van der Waals surface area contributed by atoms with E-state index in [0.29, 0.717) is 17.6 Å². The largest absolute Gasteiger partial charge is 0.299 e. The maximum atomic E-state index is 12.5. The summed E-state index contributed by atoms with van der Waals surface area (Å²) in [6, 6.07) is 0. The van der Waals surface area contributed by atoms with Crippen molar-refractivity contribution in [3.63, 3.8) is 0 Å². The van der Waals surface area contributed by atoms with E-state index < -0.39 is 0 Å². The van der Waals surface area contributed by atoms with Crippen LogP contribution in [-0.4, -0.2) is 29.3 Å². The number of ketones is 1. The van der Waals surface area contributed by atoms with E-state index in [1.165, 1.54) is 38.8 Å². The van der Waals surface area contributed by atoms with Gasteiger partial charge >= 0.3 is 0 Å². The van der Waals surface area contributed by atoms with E-state index in [0.717, 1.165) is 18.8 Å². The van der Waals surface area contributed by atoms with Gasteiger partial charge in [-0.15, -0.1) is 0 Å². The van der Waals surface area contributed by atoms with Crippen molar-refractivity contribution in [2.24, 2.45) is 17.8 Å². The van der Waals surface area contributed by atoms with Crippen LogP contribution in [0.1, 0.15) is 45.4 Å². The number of hydrogen-bond acceptors (Lipinski definition) is 2. The van der Waals surface area contributed by atoms with Crippen molar-refractivity contribution >= 4 is 5.78 Å². The topological polar surface area (TPSA) is 20.3 Å². The molecule has 2 saturated carbocycles. The lowest BCUT2D eigenvalue weighted by Gasteiger charge is -2.62. The average molecular weight is 245 g/mol. The lowest BCUT2D eigenvalue weighted by atomic mass is 9.52. The van der Waals surface area contributed by atoms with Crippen molar-refractivity contribution in [3.8, 4) is 0 Å². The second-order valence-corrected chi connectivity index (χ2v) is 6.97. The minimum Gasteiger partial charge on any atom is -0.299 e. The van der Waals surface area contributed by atoms with E-state index in [2.05, 4.69) is 17.9 Å². The third-order valence-electron chi connectivity index (χ3n) is 5.95. The highest BCUT2D eigenvalue weighted by Crippen LogP contribution is 2.57. The molecule has 3 fully saturated rings. The molecule has 0 aromatic carbocycles. The van der Waals surface area contributed by atoms with Gasteiger partial charge in [0, 0.05) is 18.9 Å². The molecule has 4 rings (SSSR count). The number of hydrogen-bond donors (Lipinski definition) is 0. The molecule has 0 N–H and O–H groups in total. The van der Waals surface area contributed by atoms with Gasteiger partial charge in [0.2, 0.25) is 0 Å². The lowest BCUT2D eigenvalue weighted by molar-refractivity contribution is -0.139. The van der Waals surface area contributed by atoms with Gasteiger partial charge in [-0.05, 0) is 56.1 Å². The standard InChI is InChI=1S/C16H23NO/c1-11-8-12-9-15(18)14-5-3-7-17-6-2-4-13(12)16(14,17)10-11/h4,11-12,14H,2-3,5-10H2,1H3. The lowest BCUT2D eigenvalue weighted by Crippen LogP contribution is -2.67. The van der Waals surface area contributed by atoms with Crippen LogP contribution in [0.3, 0.4) is 0 Å². The van der Waals surface area contributed by atoms with Crippen molar-refractivity contribution in [1.82, 2.24) is 4.90 Å². The van der Waals surface area contributed by atoms with Crippen molar-refractivity contribution in [2.75, 3.05) is 13.1 Å². The highest BCUT2D eigenvalue weighted by atomic mass is 16.1. The Kier molecular flexibility index (Phi) is 2.30. The van der Waals surface area contributed by atoms with Gasteiger partial charge in [-0.3, -0.25) is 9.69 Å². The zero-order valence-corrected chi connectivity index (χ0v) is 11.3. The summed E-state index contributed by atoms with van der Waals surface area (Å²) in [6.45, 7) is 4.81. The highest BCUT2D eigenvalue weighted by molar-refractivity contribution is 5.86. The summed E-state index contributed by atoms with van der Waals surface area (Å²) < 4.78 is 0. The minimum atomic E-state index is 0.175. The third kappa shape index (κ3) is 1.25. The van der Waals surface area contributed by atoms with Crippen LogP contribution in [0.4, 0.5) is 0 Å². The molecule has 0 aromatic rings. The van der Waals surface area contributed by atoms with Crippen LogP contribution >= 0.6 is 0 Å². The Morgan fingerprint density at radius 3 is 3.17 bits per heavy atom. The molecule has 18 heavy (non-hydrogen) atoms. The summed E-state index contributed by atoms with van der Waals surface area (Å²) in [6.07, 6.45) is 9.43. The molecular formula is C16H23NO. The fourth-order valence-corrected chi connectivity index (χ4v) is 5.53. The Bertz CT molecular complexity index is 427. The zero-order valence-electron chi connectivity index (χ0n) is 11.3. The average Bonchev–Trinajstić information content (AvgIpc) is 2.33. The molecule has 1 spiro atoms. The van der Waals surface area contributed by atoms with Crippen LogP contribution in [0.2, 0.25) is 0 Å². The zero-order chi connectivity index (χ0) is 12.3. The Morgan fingerprint density at radius 2 is 2.28 bits per heavy atom. The fourth-order valence-electron chi connectivity index (χ4n) is 5.53. The molecule has 2 heteroatoms. The van der Waals surface area contributed by atoms with Gasteiger partial charge in [-0.25, -0.2) is 0 Å². The molecule has 2 heterocycles. The van der Waals surface area contributed by atoms with Crippen molar-refractivity contribution in [1.29, 1.82) is 0 Å². The van der Waals surface area contributed by atoms with E-state index in [9.17, 15) is 4.79 Å². The molecule has 2 aliphatic heterocycles. The molecular weight excluding hydrogens is 222 g/mol. The van der Waals surface area contributed by atoms with Gasteiger partial charge in [-0.2, -0.15) is 0 Å². The van der Waals surface area contributed by atoms with Gasteiger partial charge in [0.05, 0.1) is 5.54 Å². The molecule has 98 valence electrons. The maximum Gasteiger partial charge on any atom is 0.138 e. The Labute approximate surface area is 109 Å². The Hall–Kier alpha value is -0.630. The summed E-state index contributed by atoms with van der Waals surface area (Å²) in [7, 11) is 0. The van der Waals surface area contributed by atoms with Crippen LogP contribution in [-0.2, 0) is 4.79 Å². The van der Waals surface area contributed by atoms with Gasteiger partial charge < -0.3 is 0 Å². The smallest absolute Gasteiger partial charge is 0.138 e. The second kappa shape index (κ2) is 3.69. The number of rotatable bonds is 0. The number of piperidine rings is 1. The van der Waals surface area contributed by atoms with E-state index in [1.807, 2.05) is 0 Å². The van der Waals surface area contributed by atoms with Gasteiger partial charge in [-0.1, -0.05) is 13.0 Å². The van der Waals surface area contributed by atoms with Crippen molar-refractivity contribution < 1.29 is 4.79 Å². The summed E-state index contributed by atoms with van der Waals surface area (Å²) in [4.78, 5) is 15.2. The van der Waals surface area contributed by atoms with E-state index in [-0.39, 0.29) is 5.54 Å². The molecule has 4 unspecified atom stereocenters. The quantitative estimate of drug-likeness (QED) is 0.612.